The van der Waals surface area contributed by atoms with Gasteiger partial charge in [0.05, 0.1) is 6.61 Å². The molecule has 2 aromatic rings. The van der Waals surface area contributed by atoms with E-state index in [9.17, 15) is 10.2 Å². The molecule has 4 N–H and O–H groups in total. The Balaban J connectivity index is 2.02. The van der Waals surface area contributed by atoms with Crippen molar-refractivity contribution >= 4 is 0 Å². The maximum Gasteiger partial charge on any atom is 0.119 e. The first-order valence-electron chi connectivity index (χ1n) is 6.53. The van der Waals surface area contributed by atoms with Crippen LogP contribution in [0.5, 0.6) is 11.5 Å². The quantitative estimate of drug-likeness (QED) is 0.675. The fraction of sp³-hybridized carbons (Fsp3) is 0.250. The van der Waals surface area contributed by atoms with Crippen molar-refractivity contribution in [1.29, 1.82) is 0 Å². The van der Waals surface area contributed by atoms with Gasteiger partial charge in [0.25, 0.3) is 0 Å². The molecule has 2 aromatic carbocycles. The van der Waals surface area contributed by atoms with Gasteiger partial charge in [-0.3, -0.25) is 0 Å². The fourth-order valence-electron chi connectivity index (χ4n) is 2.09. The van der Waals surface area contributed by atoms with Gasteiger partial charge in [0.2, 0.25) is 0 Å². The zero-order valence-corrected chi connectivity index (χ0v) is 11.4. The van der Waals surface area contributed by atoms with E-state index in [0.29, 0.717) is 6.54 Å². The highest BCUT2D eigenvalue weighted by Crippen LogP contribution is 2.24. The van der Waals surface area contributed by atoms with Crippen molar-refractivity contribution in [2.75, 3.05) is 0 Å². The smallest absolute Gasteiger partial charge is 0.119 e. The Hall–Kier alpha value is -2.04. The summed E-state index contributed by atoms with van der Waals surface area (Å²) in [4.78, 5) is 0. The molecule has 0 aliphatic heterocycles. The van der Waals surface area contributed by atoms with E-state index in [1.54, 1.807) is 12.1 Å². The zero-order chi connectivity index (χ0) is 14.5. The second kappa shape index (κ2) is 6.41. The summed E-state index contributed by atoms with van der Waals surface area (Å²) in [5.41, 5.74) is 2.78. The van der Waals surface area contributed by atoms with Gasteiger partial charge in [0, 0.05) is 18.7 Å². The van der Waals surface area contributed by atoms with Crippen molar-refractivity contribution in [3.63, 3.8) is 0 Å². The number of hydrogen-bond acceptors (Lipinski definition) is 4. The first kappa shape index (κ1) is 14.4. The van der Waals surface area contributed by atoms with E-state index in [4.69, 9.17) is 5.11 Å². The molecule has 4 heteroatoms. The van der Waals surface area contributed by atoms with E-state index in [1.165, 1.54) is 6.07 Å². The van der Waals surface area contributed by atoms with E-state index in [0.717, 1.165) is 16.7 Å². The molecule has 4 nitrogen and oxygen atoms in total. The highest BCUT2D eigenvalue weighted by molar-refractivity contribution is 5.38. The van der Waals surface area contributed by atoms with Gasteiger partial charge in [-0.05, 0) is 35.7 Å². The molecule has 0 bridgehead atoms. The standard InChI is InChI=1S/C16H19NO3/c1-11(14-6-15(19)8-16(20)7-14)17-9-12-3-2-4-13(5-12)10-18/h2-8,11,17-20H,9-10H2,1H3. The number of phenolic OH excluding ortho intramolecular Hbond substituents is 2. The van der Waals surface area contributed by atoms with Crippen LogP contribution in [0.15, 0.2) is 42.5 Å². The largest absolute Gasteiger partial charge is 0.508 e. The third kappa shape index (κ3) is 3.73. The topological polar surface area (TPSA) is 72.7 Å². The molecule has 0 aromatic heterocycles. The van der Waals surface area contributed by atoms with Crippen LogP contribution in [0.25, 0.3) is 0 Å². The van der Waals surface area contributed by atoms with E-state index in [-0.39, 0.29) is 24.1 Å². The minimum absolute atomic E-state index is 0.00853. The van der Waals surface area contributed by atoms with Crippen LogP contribution in [-0.2, 0) is 13.2 Å². The third-order valence-electron chi connectivity index (χ3n) is 3.21. The molecule has 0 aliphatic rings. The SMILES string of the molecule is CC(NCc1cccc(CO)c1)c1cc(O)cc(O)c1. The lowest BCUT2D eigenvalue weighted by atomic mass is 10.1. The third-order valence-corrected chi connectivity index (χ3v) is 3.21. The Kier molecular flexibility index (Phi) is 4.61. The van der Waals surface area contributed by atoms with Crippen molar-refractivity contribution in [3.8, 4) is 11.5 Å². The fourth-order valence-corrected chi connectivity index (χ4v) is 2.09. The minimum Gasteiger partial charge on any atom is -0.508 e. The number of aliphatic hydroxyl groups excluding tert-OH is 1. The summed E-state index contributed by atoms with van der Waals surface area (Å²) < 4.78 is 0. The highest BCUT2D eigenvalue weighted by Gasteiger charge is 2.08. The van der Waals surface area contributed by atoms with Crippen LogP contribution in [0.3, 0.4) is 0 Å². The van der Waals surface area contributed by atoms with Gasteiger partial charge in [0.15, 0.2) is 0 Å². The van der Waals surface area contributed by atoms with E-state index in [1.807, 2.05) is 31.2 Å². The predicted octanol–water partition coefficient (Wildman–Crippen LogP) is 2.44. The lowest BCUT2D eigenvalue weighted by Crippen LogP contribution is -2.18. The van der Waals surface area contributed by atoms with Crippen LogP contribution in [0.4, 0.5) is 0 Å². The molecule has 0 saturated heterocycles. The van der Waals surface area contributed by atoms with Crippen LogP contribution in [0.2, 0.25) is 0 Å². The van der Waals surface area contributed by atoms with Gasteiger partial charge in [-0.15, -0.1) is 0 Å². The highest BCUT2D eigenvalue weighted by atomic mass is 16.3. The number of phenols is 2. The number of hydrogen-bond donors (Lipinski definition) is 4. The van der Waals surface area contributed by atoms with Gasteiger partial charge in [-0.1, -0.05) is 24.3 Å². The van der Waals surface area contributed by atoms with Crippen LogP contribution in [0.1, 0.15) is 29.7 Å². The second-order valence-corrected chi connectivity index (χ2v) is 4.86. The molecule has 1 unspecified atom stereocenters. The van der Waals surface area contributed by atoms with Crippen molar-refractivity contribution in [1.82, 2.24) is 5.32 Å². The number of rotatable bonds is 5. The van der Waals surface area contributed by atoms with Crippen molar-refractivity contribution in [2.24, 2.45) is 0 Å². The molecule has 1 atom stereocenters. The summed E-state index contributed by atoms with van der Waals surface area (Å²) >= 11 is 0. The van der Waals surface area contributed by atoms with Crippen LogP contribution in [0, 0.1) is 0 Å². The van der Waals surface area contributed by atoms with Gasteiger partial charge < -0.3 is 20.6 Å². The normalized spacial score (nSPS) is 12.3. The summed E-state index contributed by atoms with van der Waals surface area (Å²) in [6.07, 6.45) is 0. The average Bonchev–Trinajstić information content (AvgIpc) is 2.44. The van der Waals surface area contributed by atoms with Crippen molar-refractivity contribution in [3.05, 3.63) is 59.2 Å². The number of aliphatic hydroxyl groups is 1. The Morgan fingerprint density at radius 1 is 1.00 bits per heavy atom. The first-order chi connectivity index (χ1) is 9.58. The van der Waals surface area contributed by atoms with Gasteiger partial charge >= 0.3 is 0 Å². The molecule has 0 aliphatic carbocycles. The molecule has 0 amide bonds. The van der Waals surface area contributed by atoms with E-state index >= 15 is 0 Å². The second-order valence-electron chi connectivity index (χ2n) is 4.86. The molecule has 0 heterocycles. The Bertz CT molecular complexity index is 563. The Morgan fingerprint density at radius 3 is 2.30 bits per heavy atom. The molecule has 106 valence electrons. The summed E-state index contributed by atoms with van der Waals surface area (Å²) in [6, 6.07) is 12.3. The molecule has 0 radical (unpaired) electrons. The molecule has 0 spiro atoms. The minimum atomic E-state index is -0.00853. The molecule has 0 saturated carbocycles. The lowest BCUT2D eigenvalue weighted by molar-refractivity contribution is 0.281. The van der Waals surface area contributed by atoms with Crippen molar-refractivity contribution in [2.45, 2.75) is 26.1 Å². The first-order valence-corrected chi connectivity index (χ1v) is 6.53. The van der Waals surface area contributed by atoms with Crippen LogP contribution in [-0.4, -0.2) is 15.3 Å². The number of aromatic hydroxyl groups is 2. The van der Waals surface area contributed by atoms with Gasteiger partial charge in [-0.25, -0.2) is 0 Å². The van der Waals surface area contributed by atoms with E-state index < -0.39 is 0 Å². The monoisotopic (exact) mass is 273 g/mol. The molecule has 20 heavy (non-hydrogen) atoms. The maximum atomic E-state index is 9.48. The lowest BCUT2D eigenvalue weighted by Gasteiger charge is -2.15. The van der Waals surface area contributed by atoms with Crippen LogP contribution < -0.4 is 5.32 Å². The predicted molar refractivity (Wildman–Crippen MR) is 77.4 cm³/mol. The van der Waals surface area contributed by atoms with E-state index in [2.05, 4.69) is 5.32 Å². The van der Waals surface area contributed by atoms with Crippen LogP contribution >= 0.6 is 0 Å². The summed E-state index contributed by atoms with van der Waals surface area (Å²) in [6.45, 7) is 2.64. The summed E-state index contributed by atoms with van der Waals surface area (Å²) in [7, 11) is 0. The zero-order valence-electron chi connectivity index (χ0n) is 11.4. The molecular formula is C16H19NO3. The van der Waals surface area contributed by atoms with Gasteiger partial charge in [-0.2, -0.15) is 0 Å². The molecule has 2 rings (SSSR count). The summed E-state index contributed by atoms with van der Waals surface area (Å²) in [5.74, 6) is 0.104. The van der Waals surface area contributed by atoms with Crippen molar-refractivity contribution < 1.29 is 15.3 Å². The Labute approximate surface area is 118 Å². The molecular weight excluding hydrogens is 254 g/mol. The summed E-state index contributed by atoms with van der Waals surface area (Å²) in [5, 5.41) is 31.4. The van der Waals surface area contributed by atoms with Gasteiger partial charge in [0.1, 0.15) is 11.5 Å². The Morgan fingerprint density at radius 2 is 1.65 bits per heavy atom. The maximum absolute atomic E-state index is 9.48. The average molecular weight is 273 g/mol. The number of benzene rings is 2. The molecule has 0 fully saturated rings. The number of nitrogens with one attached hydrogen (secondary N) is 1.